The number of anilines is 2. The van der Waals surface area contributed by atoms with E-state index in [1.807, 2.05) is 0 Å². The van der Waals surface area contributed by atoms with Crippen molar-refractivity contribution in [2.45, 2.75) is 19.0 Å². The standard InChI is InChI=1S/C12H17F3N2O/c1-18-7-3-2-6-17-11-5-4-9(16)8-10(11)12(13,14)15/h4-5,8,17H,2-3,6-7,16H2,1H3. The molecule has 1 aromatic rings. The van der Waals surface area contributed by atoms with Crippen molar-refractivity contribution in [1.29, 1.82) is 0 Å². The van der Waals surface area contributed by atoms with Gasteiger partial charge in [-0.2, -0.15) is 13.2 Å². The first-order valence-electron chi connectivity index (χ1n) is 5.64. The lowest BCUT2D eigenvalue weighted by atomic mass is 10.1. The molecule has 0 fully saturated rings. The van der Waals surface area contributed by atoms with Crippen LogP contribution >= 0.6 is 0 Å². The Balaban J connectivity index is 2.65. The van der Waals surface area contributed by atoms with Gasteiger partial charge in [0.05, 0.1) is 5.56 Å². The summed E-state index contributed by atoms with van der Waals surface area (Å²) in [5.41, 5.74) is 4.81. The third-order valence-corrected chi connectivity index (χ3v) is 2.44. The van der Waals surface area contributed by atoms with Crippen LogP contribution in [0, 0.1) is 0 Å². The molecule has 1 aromatic carbocycles. The zero-order valence-electron chi connectivity index (χ0n) is 10.2. The molecular weight excluding hydrogens is 245 g/mol. The zero-order valence-corrected chi connectivity index (χ0v) is 10.2. The maximum absolute atomic E-state index is 12.7. The van der Waals surface area contributed by atoms with Gasteiger partial charge in [0, 0.05) is 31.6 Å². The summed E-state index contributed by atoms with van der Waals surface area (Å²) in [6, 6.07) is 3.75. The van der Waals surface area contributed by atoms with Crippen LogP contribution in [0.1, 0.15) is 18.4 Å². The average Bonchev–Trinajstić information content (AvgIpc) is 2.29. The van der Waals surface area contributed by atoms with E-state index in [4.69, 9.17) is 10.5 Å². The minimum atomic E-state index is -4.40. The lowest BCUT2D eigenvalue weighted by Gasteiger charge is -2.15. The number of nitrogens with two attached hydrogens (primary N) is 1. The first-order valence-corrected chi connectivity index (χ1v) is 5.64. The van der Waals surface area contributed by atoms with Gasteiger partial charge in [0.1, 0.15) is 0 Å². The number of hydrogen-bond acceptors (Lipinski definition) is 3. The monoisotopic (exact) mass is 262 g/mol. The van der Waals surface area contributed by atoms with Crippen molar-refractivity contribution in [2.75, 3.05) is 31.3 Å². The van der Waals surface area contributed by atoms with Crippen LogP contribution in [0.15, 0.2) is 18.2 Å². The largest absolute Gasteiger partial charge is 0.418 e. The fraction of sp³-hybridized carbons (Fsp3) is 0.500. The lowest BCUT2D eigenvalue weighted by molar-refractivity contribution is -0.136. The van der Waals surface area contributed by atoms with Crippen LogP contribution in [0.25, 0.3) is 0 Å². The van der Waals surface area contributed by atoms with Gasteiger partial charge in [0.2, 0.25) is 0 Å². The van der Waals surface area contributed by atoms with Crippen molar-refractivity contribution in [3.05, 3.63) is 23.8 Å². The molecule has 0 aliphatic rings. The molecule has 18 heavy (non-hydrogen) atoms. The molecule has 0 spiro atoms. The molecule has 102 valence electrons. The molecule has 0 amide bonds. The molecular formula is C12H17F3N2O. The van der Waals surface area contributed by atoms with Crippen LogP contribution in [0.5, 0.6) is 0 Å². The van der Waals surface area contributed by atoms with E-state index in [2.05, 4.69) is 5.32 Å². The number of nitrogen functional groups attached to an aromatic ring is 1. The van der Waals surface area contributed by atoms with Crippen molar-refractivity contribution in [3.8, 4) is 0 Å². The van der Waals surface area contributed by atoms with E-state index in [1.165, 1.54) is 12.1 Å². The zero-order chi connectivity index (χ0) is 13.6. The van der Waals surface area contributed by atoms with Crippen molar-refractivity contribution >= 4 is 11.4 Å². The van der Waals surface area contributed by atoms with E-state index >= 15 is 0 Å². The number of hydrogen-bond donors (Lipinski definition) is 2. The van der Waals surface area contributed by atoms with Gasteiger partial charge in [-0.15, -0.1) is 0 Å². The van der Waals surface area contributed by atoms with E-state index < -0.39 is 11.7 Å². The summed E-state index contributed by atoms with van der Waals surface area (Å²) in [4.78, 5) is 0. The minimum Gasteiger partial charge on any atom is -0.399 e. The van der Waals surface area contributed by atoms with Crippen LogP contribution < -0.4 is 11.1 Å². The highest BCUT2D eigenvalue weighted by atomic mass is 19.4. The number of methoxy groups -OCH3 is 1. The third-order valence-electron chi connectivity index (χ3n) is 2.44. The topological polar surface area (TPSA) is 47.3 Å². The Morgan fingerprint density at radius 3 is 2.61 bits per heavy atom. The molecule has 6 heteroatoms. The second kappa shape index (κ2) is 6.49. The van der Waals surface area contributed by atoms with E-state index in [1.54, 1.807) is 7.11 Å². The SMILES string of the molecule is COCCCCNc1ccc(N)cc1C(F)(F)F. The molecule has 0 heterocycles. The summed E-state index contributed by atoms with van der Waals surface area (Å²) in [6.07, 6.45) is -2.85. The molecule has 0 atom stereocenters. The average molecular weight is 262 g/mol. The number of unbranched alkanes of at least 4 members (excludes halogenated alkanes) is 1. The second-order valence-corrected chi connectivity index (χ2v) is 3.93. The van der Waals surface area contributed by atoms with E-state index in [0.29, 0.717) is 13.2 Å². The van der Waals surface area contributed by atoms with Gasteiger partial charge in [0.25, 0.3) is 0 Å². The number of alkyl halides is 3. The second-order valence-electron chi connectivity index (χ2n) is 3.93. The van der Waals surface area contributed by atoms with Crippen LogP contribution in [0.4, 0.5) is 24.5 Å². The first-order chi connectivity index (χ1) is 8.45. The highest BCUT2D eigenvalue weighted by molar-refractivity contribution is 5.59. The molecule has 0 aliphatic heterocycles. The van der Waals surface area contributed by atoms with Gasteiger partial charge in [-0.25, -0.2) is 0 Å². The molecule has 0 radical (unpaired) electrons. The Kier molecular flexibility index (Phi) is 5.27. The molecule has 0 unspecified atom stereocenters. The Bertz CT molecular complexity index is 380. The summed E-state index contributed by atoms with van der Waals surface area (Å²) in [5.74, 6) is 0. The van der Waals surface area contributed by atoms with Crippen molar-refractivity contribution in [3.63, 3.8) is 0 Å². The highest BCUT2D eigenvalue weighted by Crippen LogP contribution is 2.35. The molecule has 0 saturated heterocycles. The fourth-order valence-corrected chi connectivity index (χ4v) is 1.55. The van der Waals surface area contributed by atoms with Gasteiger partial charge in [-0.1, -0.05) is 0 Å². The van der Waals surface area contributed by atoms with Crippen LogP contribution in [-0.4, -0.2) is 20.3 Å². The number of ether oxygens (including phenoxy) is 1. The Labute approximate surface area is 104 Å². The van der Waals surface area contributed by atoms with Gasteiger partial charge >= 0.3 is 6.18 Å². The number of benzene rings is 1. The third kappa shape index (κ3) is 4.44. The lowest BCUT2D eigenvalue weighted by Crippen LogP contribution is -2.12. The van der Waals surface area contributed by atoms with E-state index in [9.17, 15) is 13.2 Å². The van der Waals surface area contributed by atoms with E-state index in [-0.39, 0.29) is 11.4 Å². The minimum absolute atomic E-state index is 0.0640. The predicted octanol–water partition coefficient (Wildman–Crippen LogP) is 3.13. The fourth-order valence-electron chi connectivity index (χ4n) is 1.55. The molecule has 0 aromatic heterocycles. The van der Waals surface area contributed by atoms with Crippen molar-refractivity contribution < 1.29 is 17.9 Å². The van der Waals surface area contributed by atoms with Gasteiger partial charge in [0.15, 0.2) is 0 Å². The smallest absolute Gasteiger partial charge is 0.399 e. The number of halogens is 3. The van der Waals surface area contributed by atoms with Crippen molar-refractivity contribution in [1.82, 2.24) is 0 Å². The summed E-state index contributed by atoms with van der Waals surface area (Å²) in [5, 5.41) is 2.77. The maximum atomic E-state index is 12.7. The number of rotatable bonds is 6. The summed E-state index contributed by atoms with van der Waals surface area (Å²) >= 11 is 0. The van der Waals surface area contributed by atoms with Crippen LogP contribution in [-0.2, 0) is 10.9 Å². The first kappa shape index (κ1) is 14.6. The molecule has 0 saturated carbocycles. The molecule has 3 N–H and O–H groups in total. The van der Waals surface area contributed by atoms with Gasteiger partial charge in [-0.3, -0.25) is 0 Å². The summed E-state index contributed by atoms with van der Waals surface area (Å²) in [7, 11) is 1.59. The van der Waals surface area contributed by atoms with Gasteiger partial charge < -0.3 is 15.8 Å². The molecule has 3 nitrogen and oxygen atoms in total. The predicted molar refractivity (Wildman–Crippen MR) is 65.5 cm³/mol. The van der Waals surface area contributed by atoms with Crippen molar-refractivity contribution in [2.24, 2.45) is 0 Å². The molecule has 0 bridgehead atoms. The number of nitrogens with one attached hydrogen (secondary N) is 1. The van der Waals surface area contributed by atoms with Gasteiger partial charge in [-0.05, 0) is 31.0 Å². The highest BCUT2D eigenvalue weighted by Gasteiger charge is 2.33. The Hall–Kier alpha value is -1.43. The van der Waals surface area contributed by atoms with Crippen LogP contribution in [0.3, 0.4) is 0 Å². The van der Waals surface area contributed by atoms with Crippen LogP contribution in [0.2, 0.25) is 0 Å². The summed E-state index contributed by atoms with van der Waals surface area (Å²) in [6.45, 7) is 1.08. The Morgan fingerprint density at radius 2 is 2.00 bits per heavy atom. The summed E-state index contributed by atoms with van der Waals surface area (Å²) < 4.78 is 43.1. The van der Waals surface area contributed by atoms with E-state index in [0.717, 1.165) is 18.9 Å². The normalized spacial score (nSPS) is 11.6. The quantitative estimate of drug-likeness (QED) is 0.611. The maximum Gasteiger partial charge on any atom is 0.418 e. The molecule has 0 aliphatic carbocycles. The molecule has 1 rings (SSSR count). The Morgan fingerprint density at radius 1 is 1.28 bits per heavy atom.